The Balaban J connectivity index is 1.73. The minimum absolute atomic E-state index is 0.207. The lowest BCUT2D eigenvalue weighted by molar-refractivity contribution is -0.123. The van der Waals surface area contributed by atoms with Crippen molar-refractivity contribution in [3.63, 3.8) is 0 Å². The molecule has 3 rings (SSSR count). The zero-order valence-electron chi connectivity index (χ0n) is 18.0. The first-order valence-electron chi connectivity index (χ1n) is 10.4. The van der Waals surface area contributed by atoms with Gasteiger partial charge in [0.05, 0.1) is 26.2 Å². The van der Waals surface area contributed by atoms with Crippen LogP contribution in [0.3, 0.4) is 0 Å². The monoisotopic (exact) mass is 421 g/mol. The molecule has 0 aliphatic rings. The van der Waals surface area contributed by atoms with Crippen molar-refractivity contribution in [1.82, 2.24) is 0 Å². The van der Waals surface area contributed by atoms with Crippen LogP contribution in [0.4, 0.5) is 5.69 Å². The first kappa shape index (κ1) is 22.4. The van der Waals surface area contributed by atoms with Gasteiger partial charge in [0, 0.05) is 5.69 Å². The normalized spacial score (nSPS) is 12.6. The van der Waals surface area contributed by atoms with Crippen LogP contribution in [0, 0.1) is 5.92 Å². The quantitative estimate of drug-likeness (QED) is 0.483. The molecule has 162 valence electrons. The molecule has 5 nitrogen and oxygen atoms in total. The van der Waals surface area contributed by atoms with E-state index in [4.69, 9.17) is 9.47 Å². The molecule has 0 spiro atoms. The molecule has 2 N–H and O–H groups in total. The van der Waals surface area contributed by atoms with E-state index < -0.39 is 12.0 Å². The van der Waals surface area contributed by atoms with Gasteiger partial charge in [0.25, 0.3) is 0 Å². The predicted molar refractivity (Wildman–Crippen MR) is 122 cm³/mol. The van der Waals surface area contributed by atoms with Gasteiger partial charge in [0.2, 0.25) is 5.91 Å². The topological polar surface area (TPSA) is 67.8 Å². The summed E-state index contributed by atoms with van der Waals surface area (Å²) in [5.41, 5.74) is 2.58. The van der Waals surface area contributed by atoms with Gasteiger partial charge in [0.1, 0.15) is 11.5 Å². The summed E-state index contributed by atoms with van der Waals surface area (Å²) in [5.74, 6) is 0.635. The van der Waals surface area contributed by atoms with E-state index in [0.717, 1.165) is 18.6 Å². The highest BCUT2D eigenvalue weighted by molar-refractivity contribution is 5.93. The predicted octanol–water partition coefficient (Wildman–Crippen LogP) is 5.02. The van der Waals surface area contributed by atoms with Gasteiger partial charge in [-0.05, 0) is 66.8 Å². The average molecular weight is 422 g/mol. The van der Waals surface area contributed by atoms with Crippen molar-refractivity contribution in [2.45, 2.75) is 25.4 Å². The van der Waals surface area contributed by atoms with E-state index in [1.54, 1.807) is 62.8 Å². The number of aryl methyl sites for hydroxylation is 1. The lowest BCUT2D eigenvalue weighted by Crippen LogP contribution is -2.28. The summed E-state index contributed by atoms with van der Waals surface area (Å²) in [4.78, 5) is 13.1. The second-order valence-electron chi connectivity index (χ2n) is 7.42. The van der Waals surface area contributed by atoms with Crippen LogP contribution < -0.4 is 14.8 Å². The molecule has 0 radical (unpaired) electrons. The summed E-state index contributed by atoms with van der Waals surface area (Å²) in [6, 6.07) is 24.5. The Kier molecular flexibility index (Phi) is 8.07. The first-order valence-corrected chi connectivity index (χ1v) is 10.4. The Morgan fingerprint density at radius 3 is 2.03 bits per heavy atom. The van der Waals surface area contributed by atoms with E-state index in [0.29, 0.717) is 23.4 Å². The number of anilines is 1. The van der Waals surface area contributed by atoms with Gasteiger partial charge in [0.15, 0.2) is 0 Å². The number of nitrogens with one attached hydrogen (secondary N) is 1. The average Bonchev–Trinajstić information content (AvgIpc) is 2.82. The van der Waals surface area contributed by atoms with Crippen molar-refractivity contribution >= 4 is 11.6 Å². The third-order valence-electron chi connectivity index (χ3n) is 5.36. The Morgan fingerprint density at radius 2 is 1.45 bits per heavy atom. The number of hydrogen-bond acceptors (Lipinski definition) is 4. The fraction of sp³-hybridized carbons (Fsp3) is 0.269. The molecule has 31 heavy (non-hydrogen) atoms. The third kappa shape index (κ3) is 6.33. The van der Waals surface area contributed by atoms with Gasteiger partial charge in [-0.1, -0.05) is 42.5 Å². The third-order valence-corrected chi connectivity index (χ3v) is 5.36. The van der Waals surface area contributed by atoms with Crippen molar-refractivity contribution in [2.24, 2.45) is 5.92 Å². The zero-order chi connectivity index (χ0) is 22.1. The molecule has 1 amide bonds. The molecular formula is C26H29NO4. The summed E-state index contributed by atoms with van der Waals surface area (Å²) < 4.78 is 10.4. The molecule has 0 bridgehead atoms. The fourth-order valence-electron chi connectivity index (χ4n) is 3.55. The van der Waals surface area contributed by atoms with E-state index >= 15 is 0 Å². The van der Waals surface area contributed by atoms with Gasteiger partial charge in [-0.25, -0.2) is 0 Å². The van der Waals surface area contributed by atoms with Crippen LogP contribution >= 0.6 is 0 Å². The van der Waals surface area contributed by atoms with Crippen LogP contribution in [0.15, 0.2) is 78.9 Å². The first-order chi connectivity index (χ1) is 15.1. The minimum atomic E-state index is -0.917. The van der Waals surface area contributed by atoms with E-state index in [1.165, 1.54) is 5.56 Å². The summed E-state index contributed by atoms with van der Waals surface area (Å²) in [7, 11) is 3.20. The van der Waals surface area contributed by atoms with Crippen molar-refractivity contribution < 1.29 is 19.4 Å². The summed E-state index contributed by atoms with van der Waals surface area (Å²) in [5, 5.41) is 14.0. The van der Waals surface area contributed by atoms with Crippen molar-refractivity contribution in [3.8, 4) is 11.5 Å². The Hall–Kier alpha value is -3.31. The van der Waals surface area contributed by atoms with Gasteiger partial charge in [-0.2, -0.15) is 0 Å². The Bertz CT molecular complexity index is 939. The molecule has 0 fully saturated rings. The molecule has 3 aromatic carbocycles. The molecule has 0 unspecified atom stereocenters. The van der Waals surface area contributed by atoms with E-state index in [-0.39, 0.29) is 5.91 Å². The number of carbonyl (C=O) groups is 1. The smallest absolute Gasteiger partial charge is 0.230 e. The van der Waals surface area contributed by atoms with Crippen LogP contribution in [-0.4, -0.2) is 25.2 Å². The second kappa shape index (κ2) is 11.2. The van der Waals surface area contributed by atoms with Crippen LogP contribution in [0.25, 0.3) is 0 Å². The van der Waals surface area contributed by atoms with Crippen LogP contribution in [0.5, 0.6) is 11.5 Å². The second-order valence-corrected chi connectivity index (χ2v) is 7.42. The molecular weight excluding hydrogens is 392 g/mol. The molecule has 0 aromatic heterocycles. The van der Waals surface area contributed by atoms with Crippen LogP contribution in [-0.2, 0) is 11.2 Å². The molecule has 5 heteroatoms. The largest absolute Gasteiger partial charge is 0.497 e. The fourth-order valence-corrected chi connectivity index (χ4v) is 3.55. The number of methoxy groups -OCH3 is 2. The molecule has 0 aliphatic heterocycles. The van der Waals surface area contributed by atoms with Gasteiger partial charge < -0.3 is 19.9 Å². The van der Waals surface area contributed by atoms with E-state index in [2.05, 4.69) is 17.4 Å². The lowest BCUT2D eigenvalue weighted by Gasteiger charge is -2.23. The number of rotatable bonds is 10. The number of carbonyl (C=O) groups excluding carboxylic acids is 1. The Labute approximate surface area is 183 Å². The molecule has 0 saturated heterocycles. The lowest BCUT2D eigenvalue weighted by atomic mass is 9.96. The van der Waals surface area contributed by atoms with Crippen LogP contribution in [0.1, 0.15) is 30.1 Å². The number of amides is 1. The molecule has 0 heterocycles. The number of benzene rings is 3. The number of hydrogen-bond donors (Lipinski definition) is 2. The minimum Gasteiger partial charge on any atom is -0.497 e. The number of aliphatic hydroxyl groups is 1. The highest BCUT2D eigenvalue weighted by Crippen LogP contribution is 2.29. The van der Waals surface area contributed by atoms with E-state index in [9.17, 15) is 9.90 Å². The zero-order valence-corrected chi connectivity index (χ0v) is 18.0. The maximum Gasteiger partial charge on any atom is 0.230 e. The highest BCUT2D eigenvalue weighted by Gasteiger charge is 2.28. The maximum absolute atomic E-state index is 13.1. The van der Waals surface area contributed by atoms with Crippen LogP contribution in [0.2, 0.25) is 0 Å². The molecule has 2 atom stereocenters. The Morgan fingerprint density at radius 1 is 0.871 bits per heavy atom. The SMILES string of the molecule is COc1ccc(N[14C](=O)[C@H](CCCc2ccccc2)[C@@H](O)c2ccc(OC)cc2)cc1. The summed E-state index contributed by atoms with van der Waals surface area (Å²) >= 11 is 0. The number of ether oxygens (including phenoxy) is 2. The van der Waals surface area contributed by atoms with Gasteiger partial charge in [-0.3, -0.25) is 4.79 Å². The van der Waals surface area contributed by atoms with Gasteiger partial charge >= 0.3 is 0 Å². The van der Waals surface area contributed by atoms with Gasteiger partial charge in [-0.15, -0.1) is 0 Å². The summed E-state index contributed by atoms with van der Waals surface area (Å²) in [6.07, 6.45) is 1.28. The van der Waals surface area contributed by atoms with Crippen molar-refractivity contribution in [2.75, 3.05) is 19.5 Å². The highest BCUT2D eigenvalue weighted by atomic mass is 16.5. The van der Waals surface area contributed by atoms with E-state index in [1.807, 2.05) is 18.2 Å². The summed E-state index contributed by atoms with van der Waals surface area (Å²) in [6.45, 7) is 0. The molecule has 0 saturated carbocycles. The number of aliphatic hydroxyl groups excluding tert-OH is 1. The molecule has 3 aromatic rings. The molecule has 0 aliphatic carbocycles. The van der Waals surface area contributed by atoms with Crippen molar-refractivity contribution in [1.29, 1.82) is 0 Å². The standard InChI is InChI=1S/C26H29NO4/c1-30-22-15-11-20(12-16-22)25(28)24(10-6-9-19-7-4-3-5-8-19)26(29)27-21-13-17-23(31-2)18-14-21/h3-5,7-8,11-18,24-25,28H,6,9-10H2,1-2H3,(H,27,29)/t24-,25+/m1/s1/i26+2. The van der Waals surface area contributed by atoms with Crippen molar-refractivity contribution in [3.05, 3.63) is 90.0 Å². The maximum atomic E-state index is 13.1.